The third-order valence-corrected chi connectivity index (χ3v) is 8.48. The predicted molar refractivity (Wildman–Crippen MR) is 89.7 cm³/mol. The Hall–Kier alpha value is -0.860. The second-order valence-corrected chi connectivity index (χ2v) is 9.21. The summed E-state index contributed by atoms with van der Waals surface area (Å²) in [5.74, 6) is 3.63. The quantitative estimate of drug-likeness (QED) is 0.740. The number of carbonyl (C=O) groups excluding carboxylic acids is 2. The number of fused-ring (bicyclic) bond motifs is 5. The number of nitrogens with one attached hydrogen (secondary N) is 1. The summed E-state index contributed by atoms with van der Waals surface area (Å²) in [6.45, 7) is 5.61. The summed E-state index contributed by atoms with van der Waals surface area (Å²) in [6, 6.07) is 0. The molecular formula is C20H31NO2. The molecule has 128 valence electrons. The average Bonchev–Trinajstić information content (AvgIpc) is 2.81. The van der Waals surface area contributed by atoms with Crippen molar-refractivity contribution in [3.63, 3.8) is 0 Å². The number of amides is 1. The van der Waals surface area contributed by atoms with Crippen molar-refractivity contribution in [2.24, 2.45) is 34.5 Å². The van der Waals surface area contributed by atoms with Crippen molar-refractivity contribution in [3.05, 3.63) is 0 Å². The molecular weight excluding hydrogens is 286 g/mol. The lowest BCUT2D eigenvalue weighted by Crippen LogP contribution is -2.53. The van der Waals surface area contributed by atoms with Gasteiger partial charge in [-0.05, 0) is 74.0 Å². The first-order valence-electron chi connectivity index (χ1n) is 9.75. The maximum absolute atomic E-state index is 12.5. The fourth-order valence-electron chi connectivity index (χ4n) is 7.03. The van der Waals surface area contributed by atoms with E-state index in [-0.39, 0.29) is 11.3 Å². The van der Waals surface area contributed by atoms with Gasteiger partial charge in [0.25, 0.3) is 0 Å². The van der Waals surface area contributed by atoms with Gasteiger partial charge in [-0.1, -0.05) is 13.8 Å². The van der Waals surface area contributed by atoms with Gasteiger partial charge in [0.1, 0.15) is 5.78 Å². The summed E-state index contributed by atoms with van der Waals surface area (Å²) < 4.78 is 0. The Labute approximate surface area is 140 Å². The number of Topliss-reactive ketones (excluding diaryl/α,β-unsaturated/α-hetero) is 1. The zero-order chi connectivity index (χ0) is 16.2. The summed E-state index contributed by atoms with van der Waals surface area (Å²) in [6.07, 6.45) is 9.74. The third kappa shape index (κ3) is 2.21. The summed E-state index contributed by atoms with van der Waals surface area (Å²) in [5, 5.41) is 3.11. The van der Waals surface area contributed by atoms with E-state index in [2.05, 4.69) is 19.2 Å². The maximum Gasteiger partial charge on any atom is 0.220 e. The predicted octanol–water partition coefficient (Wildman–Crippen LogP) is 3.71. The lowest BCUT2D eigenvalue weighted by Gasteiger charge is -2.58. The van der Waals surface area contributed by atoms with E-state index in [0.29, 0.717) is 29.5 Å². The molecule has 6 atom stereocenters. The molecule has 0 spiro atoms. The molecule has 0 aromatic rings. The van der Waals surface area contributed by atoms with E-state index in [1.54, 1.807) is 0 Å². The van der Waals surface area contributed by atoms with Crippen LogP contribution in [-0.4, -0.2) is 18.2 Å². The largest absolute Gasteiger partial charge is 0.356 e. The van der Waals surface area contributed by atoms with E-state index in [4.69, 9.17) is 0 Å². The lowest BCUT2D eigenvalue weighted by atomic mass is 9.46. The van der Waals surface area contributed by atoms with Crippen LogP contribution in [0.3, 0.4) is 0 Å². The minimum atomic E-state index is -0.0137. The average molecular weight is 317 g/mol. The molecule has 6 unspecified atom stereocenters. The molecule has 0 aromatic carbocycles. The van der Waals surface area contributed by atoms with E-state index in [1.165, 1.54) is 19.3 Å². The maximum atomic E-state index is 12.5. The van der Waals surface area contributed by atoms with Gasteiger partial charge in [-0.15, -0.1) is 0 Å². The van der Waals surface area contributed by atoms with Gasteiger partial charge in [0.15, 0.2) is 0 Å². The van der Waals surface area contributed by atoms with Crippen molar-refractivity contribution in [3.8, 4) is 0 Å². The molecule has 3 heteroatoms. The van der Waals surface area contributed by atoms with Gasteiger partial charge in [0.05, 0.1) is 0 Å². The van der Waals surface area contributed by atoms with Crippen molar-refractivity contribution in [2.45, 2.75) is 71.6 Å². The fourth-order valence-corrected chi connectivity index (χ4v) is 7.03. The van der Waals surface area contributed by atoms with Crippen LogP contribution >= 0.6 is 0 Å². The van der Waals surface area contributed by atoms with Crippen LogP contribution in [0.4, 0.5) is 0 Å². The highest BCUT2D eigenvalue weighted by atomic mass is 16.1. The highest BCUT2D eigenvalue weighted by Crippen LogP contribution is 2.64. The van der Waals surface area contributed by atoms with Gasteiger partial charge in [-0.3, -0.25) is 9.59 Å². The van der Waals surface area contributed by atoms with Crippen LogP contribution in [0.15, 0.2) is 0 Å². The van der Waals surface area contributed by atoms with Crippen LogP contribution in [0.1, 0.15) is 71.6 Å². The highest BCUT2D eigenvalue weighted by Gasteiger charge is 2.59. The molecule has 3 nitrogen and oxygen atoms in total. The summed E-state index contributed by atoms with van der Waals surface area (Å²) in [5.41, 5.74) is 0.351. The molecule has 3 aliphatic carbocycles. The zero-order valence-electron chi connectivity index (χ0n) is 14.7. The fraction of sp³-hybridized carbons (Fsp3) is 0.900. The Bertz CT molecular complexity index is 530. The standard InChI is InChI=1S/C20H31NO2/c1-19-11-12-21-18(23)8-4-13(19)3-5-14-15-6-7-17(22)20(15,2)10-9-16(14)19/h13-16H,3-12H2,1-2H3,(H,21,23). The van der Waals surface area contributed by atoms with Crippen LogP contribution in [0, 0.1) is 34.5 Å². The zero-order valence-corrected chi connectivity index (χ0v) is 14.7. The minimum absolute atomic E-state index is 0.0137. The summed E-state index contributed by atoms with van der Waals surface area (Å²) in [7, 11) is 0. The highest BCUT2D eigenvalue weighted by molar-refractivity contribution is 5.87. The Morgan fingerprint density at radius 2 is 1.74 bits per heavy atom. The summed E-state index contributed by atoms with van der Waals surface area (Å²) >= 11 is 0. The first-order valence-corrected chi connectivity index (χ1v) is 9.75. The lowest BCUT2D eigenvalue weighted by molar-refractivity contribution is -0.139. The van der Waals surface area contributed by atoms with E-state index in [1.807, 2.05) is 0 Å². The molecule has 4 rings (SSSR count). The Kier molecular flexibility index (Phi) is 3.62. The molecule has 0 bridgehead atoms. The molecule has 0 radical (unpaired) electrons. The van der Waals surface area contributed by atoms with Crippen molar-refractivity contribution in [1.82, 2.24) is 5.32 Å². The molecule has 1 amide bonds. The molecule has 4 aliphatic rings. The van der Waals surface area contributed by atoms with Crippen LogP contribution in [0.25, 0.3) is 0 Å². The molecule has 1 aliphatic heterocycles. The van der Waals surface area contributed by atoms with Gasteiger partial charge in [0.2, 0.25) is 5.91 Å². The van der Waals surface area contributed by atoms with E-state index >= 15 is 0 Å². The number of ketones is 1. The van der Waals surface area contributed by atoms with Gasteiger partial charge in [0, 0.05) is 24.8 Å². The SMILES string of the molecule is CC12CCC3C(CCC4CCC(=O)NCCC43C)C1CCC2=O. The second-order valence-electron chi connectivity index (χ2n) is 9.21. The normalized spacial score (nSPS) is 50.2. The Morgan fingerprint density at radius 3 is 2.57 bits per heavy atom. The van der Waals surface area contributed by atoms with Crippen molar-refractivity contribution in [1.29, 1.82) is 0 Å². The topological polar surface area (TPSA) is 46.2 Å². The van der Waals surface area contributed by atoms with E-state index < -0.39 is 0 Å². The second kappa shape index (κ2) is 5.32. The number of carbonyl (C=O) groups is 2. The first-order chi connectivity index (χ1) is 10.9. The van der Waals surface area contributed by atoms with Crippen molar-refractivity contribution < 1.29 is 9.59 Å². The molecule has 23 heavy (non-hydrogen) atoms. The van der Waals surface area contributed by atoms with Crippen LogP contribution in [-0.2, 0) is 9.59 Å². The molecule has 3 saturated carbocycles. The van der Waals surface area contributed by atoms with E-state index in [9.17, 15) is 9.59 Å². The van der Waals surface area contributed by atoms with Gasteiger partial charge < -0.3 is 5.32 Å². The molecule has 0 aromatic heterocycles. The Balaban J connectivity index is 1.62. The van der Waals surface area contributed by atoms with Gasteiger partial charge in [-0.2, -0.15) is 0 Å². The van der Waals surface area contributed by atoms with Crippen LogP contribution in [0.5, 0.6) is 0 Å². The first kappa shape index (κ1) is 15.7. The third-order valence-electron chi connectivity index (χ3n) is 8.48. The molecule has 1 N–H and O–H groups in total. The van der Waals surface area contributed by atoms with Crippen molar-refractivity contribution in [2.75, 3.05) is 6.54 Å². The monoisotopic (exact) mass is 317 g/mol. The summed E-state index contributed by atoms with van der Waals surface area (Å²) in [4.78, 5) is 24.2. The number of rotatable bonds is 0. The number of hydrogen-bond donors (Lipinski definition) is 1. The molecule has 1 heterocycles. The van der Waals surface area contributed by atoms with E-state index in [0.717, 1.165) is 50.5 Å². The van der Waals surface area contributed by atoms with Gasteiger partial charge >= 0.3 is 0 Å². The van der Waals surface area contributed by atoms with Crippen molar-refractivity contribution >= 4 is 11.7 Å². The van der Waals surface area contributed by atoms with Crippen LogP contribution in [0.2, 0.25) is 0 Å². The molecule has 1 saturated heterocycles. The minimum Gasteiger partial charge on any atom is -0.356 e. The number of hydrogen-bond acceptors (Lipinski definition) is 2. The smallest absolute Gasteiger partial charge is 0.220 e. The Morgan fingerprint density at radius 1 is 0.913 bits per heavy atom. The van der Waals surface area contributed by atoms with Crippen LogP contribution < -0.4 is 5.32 Å². The molecule has 4 fully saturated rings. The van der Waals surface area contributed by atoms with Gasteiger partial charge in [-0.25, -0.2) is 0 Å².